The molecule has 0 atom stereocenters. The fourth-order valence-electron chi connectivity index (χ4n) is 1.75. The summed E-state index contributed by atoms with van der Waals surface area (Å²) in [5.74, 6) is -3.51. The maximum Gasteiger partial charge on any atom is 0.335 e. The van der Waals surface area contributed by atoms with Crippen molar-refractivity contribution >= 4 is 23.6 Å². The molecule has 1 aromatic rings. The van der Waals surface area contributed by atoms with Crippen molar-refractivity contribution in [1.29, 1.82) is 0 Å². The number of benzene rings is 1. The minimum atomic E-state index is -1.25. The second-order valence-corrected chi connectivity index (χ2v) is 4.26. The topological polar surface area (TPSA) is 115 Å². The van der Waals surface area contributed by atoms with Gasteiger partial charge in [0.25, 0.3) is 0 Å². The van der Waals surface area contributed by atoms with Crippen LogP contribution in [0, 0.1) is 0 Å². The molecule has 0 amide bonds. The molecule has 1 aromatic carbocycles. The summed E-state index contributed by atoms with van der Waals surface area (Å²) in [6, 6.07) is 3.66. The second-order valence-electron chi connectivity index (χ2n) is 4.26. The van der Waals surface area contributed by atoms with Gasteiger partial charge in [-0.05, 0) is 18.2 Å². The van der Waals surface area contributed by atoms with E-state index in [0.717, 1.165) is 6.07 Å². The first-order valence-corrected chi connectivity index (χ1v) is 6.04. The van der Waals surface area contributed by atoms with Gasteiger partial charge in [-0.2, -0.15) is 0 Å². The van der Waals surface area contributed by atoms with Gasteiger partial charge in [0.15, 0.2) is 0 Å². The van der Waals surface area contributed by atoms with E-state index in [1.54, 1.807) is 4.90 Å². The SMILES string of the molecule is C=CCN(CCC(=O)O)c1cc(C(=O)O)cc(C(=O)O)c1. The van der Waals surface area contributed by atoms with Crippen molar-refractivity contribution in [3.8, 4) is 0 Å². The minimum absolute atomic E-state index is 0.115. The first-order valence-electron chi connectivity index (χ1n) is 6.04. The van der Waals surface area contributed by atoms with Gasteiger partial charge in [-0.3, -0.25) is 4.79 Å². The molecule has 0 radical (unpaired) electrons. The van der Waals surface area contributed by atoms with Gasteiger partial charge in [0.05, 0.1) is 17.5 Å². The molecule has 0 aliphatic carbocycles. The van der Waals surface area contributed by atoms with Crippen molar-refractivity contribution < 1.29 is 29.7 Å². The Morgan fingerprint density at radius 2 is 1.57 bits per heavy atom. The summed E-state index contributed by atoms with van der Waals surface area (Å²) < 4.78 is 0. The van der Waals surface area contributed by atoms with Crippen molar-refractivity contribution in [3.05, 3.63) is 42.0 Å². The van der Waals surface area contributed by atoms with Gasteiger partial charge in [-0.15, -0.1) is 6.58 Å². The molecule has 0 aliphatic rings. The number of carboxylic acid groups (broad SMARTS) is 3. The predicted molar refractivity (Wildman–Crippen MR) is 75.0 cm³/mol. The fourth-order valence-corrected chi connectivity index (χ4v) is 1.75. The van der Waals surface area contributed by atoms with E-state index in [1.165, 1.54) is 18.2 Å². The molecule has 0 spiro atoms. The summed E-state index contributed by atoms with van der Waals surface area (Å²) in [6.45, 7) is 3.93. The highest BCUT2D eigenvalue weighted by molar-refractivity contribution is 5.95. The molecule has 3 N–H and O–H groups in total. The lowest BCUT2D eigenvalue weighted by Crippen LogP contribution is -2.26. The molecule has 1 rings (SSSR count). The molecule has 0 aliphatic heterocycles. The van der Waals surface area contributed by atoms with Crippen LogP contribution in [0.4, 0.5) is 5.69 Å². The van der Waals surface area contributed by atoms with Gasteiger partial charge in [0.2, 0.25) is 0 Å². The normalized spacial score (nSPS) is 9.90. The lowest BCUT2D eigenvalue weighted by Gasteiger charge is -2.23. The van der Waals surface area contributed by atoms with Crippen LogP contribution in [-0.2, 0) is 4.79 Å². The quantitative estimate of drug-likeness (QED) is 0.623. The molecule has 0 fully saturated rings. The number of hydrogen-bond donors (Lipinski definition) is 3. The Labute approximate surface area is 120 Å². The van der Waals surface area contributed by atoms with E-state index in [4.69, 9.17) is 15.3 Å². The number of aromatic carboxylic acids is 2. The van der Waals surface area contributed by atoms with E-state index in [0.29, 0.717) is 5.69 Å². The molecule has 0 aromatic heterocycles. The first kappa shape index (κ1) is 16.2. The van der Waals surface area contributed by atoms with E-state index >= 15 is 0 Å². The molecule has 0 saturated heterocycles. The Bertz CT molecular complexity index is 549. The van der Waals surface area contributed by atoms with Crippen LogP contribution in [0.3, 0.4) is 0 Å². The highest BCUT2D eigenvalue weighted by atomic mass is 16.4. The molecule has 112 valence electrons. The zero-order chi connectivity index (χ0) is 16.0. The van der Waals surface area contributed by atoms with Crippen LogP contribution in [-0.4, -0.2) is 46.3 Å². The molecule has 0 bridgehead atoms. The standard InChI is InChI=1S/C14H15NO6/c1-2-4-15(5-3-12(16)17)11-7-9(13(18)19)6-10(8-11)14(20)21/h2,6-8H,1,3-5H2,(H,16,17)(H,18,19)(H,20,21). The van der Waals surface area contributed by atoms with Crippen LogP contribution in [0.15, 0.2) is 30.9 Å². The van der Waals surface area contributed by atoms with Crippen molar-refractivity contribution in [1.82, 2.24) is 0 Å². The predicted octanol–water partition coefficient (Wildman–Crippen LogP) is 1.55. The van der Waals surface area contributed by atoms with E-state index in [-0.39, 0.29) is 30.6 Å². The second kappa shape index (κ2) is 7.09. The Kier molecular flexibility index (Phi) is 5.48. The maximum atomic E-state index is 11.0. The summed E-state index contributed by atoms with van der Waals surface area (Å²) in [7, 11) is 0. The van der Waals surface area contributed by atoms with Crippen LogP contribution in [0.1, 0.15) is 27.1 Å². The van der Waals surface area contributed by atoms with Gasteiger partial charge in [-0.1, -0.05) is 6.08 Å². The molecule has 0 saturated carbocycles. The van der Waals surface area contributed by atoms with E-state index < -0.39 is 17.9 Å². The third kappa shape index (κ3) is 4.64. The molecule has 0 unspecified atom stereocenters. The molecule has 0 heterocycles. The van der Waals surface area contributed by atoms with E-state index in [1.807, 2.05) is 0 Å². The number of hydrogen-bond acceptors (Lipinski definition) is 4. The minimum Gasteiger partial charge on any atom is -0.481 e. The fraction of sp³-hybridized carbons (Fsp3) is 0.214. The summed E-state index contributed by atoms with van der Waals surface area (Å²) in [4.78, 5) is 34.3. The van der Waals surface area contributed by atoms with Crippen molar-refractivity contribution in [2.75, 3.05) is 18.0 Å². The zero-order valence-corrected chi connectivity index (χ0v) is 11.2. The van der Waals surface area contributed by atoms with Gasteiger partial charge in [0.1, 0.15) is 0 Å². The third-order valence-corrected chi connectivity index (χ3v) is 2.72. The van der Waals surface area contributed by atoms with Gasteiger partial charge < -0.3 is 20.2 Å². The lowest BCUT2D eigenvalue weighted by molar-refractivity contribution is -0.136. The maximum absolute atomic E-state index is 11.0. The van der Waals surface area contributed by atoms with Crippen molar-refractivity contribution in [2.45, 2.75) is 6.42 Å². The van der Waals surface area contributed by atoms with Crippen LogP contribution >= 0.6 is 0 Å². The van der Waals surface area contributed by atoms with Gasteiger partial charge in [0, 0.05) is 18.8 Å². The van der Waals surface area contributed by atoms with Crippen molar-refractivity contribution in [2.24, 2.45) is 0 Å². The average molecular weight is 293 g/mol. The summed E-state index contributed by atoms with van der Waals surface area (Å²) in [6.07, 6.45) is 1.36. The molecule has 7 heteroatoms. The summed E-state index contributed by atoms with van der Waals surface area (Å²) >= 11 is 0. The van der Waals surface area contributed by atoms with E-state index in [2.05, 4.69) is 6.58 Å². The molecular weight excluding hydrogens is 278 g/mol. The Balaban J connectivity index is 3.21. The monoisotopic (exact) mass is 293 g/mol. The van der Waals surface area contributed by atoms with Crippen molar-refractivity contribution in [3.63, 3.8) is 0 Å². The van der Waals surface area contributed by atoms with Gasteiger partial charge in [-0.25, -0.2) is 9.59 Å². The lowest BCUT2D eigenvalue weighted by atomic mass is 10.1. The van der Waals surface area contributed by atoms with E-state index in [9.17, 15) is 14.4 Å². The summed E-state index contributed by atoms with van der Waals surface area (Å²) in [5, 5.41) is 26.8. The van der Waals surface area contributed by atoms with Crippen LogP contribution in [0.2, 0.25) is 0 Å². The molecule has 7 nitrogen and oxygen atoms in total. The number of carbonyl (C=O) groups is 3. The number of aliphatic carboxylic acids is 1. The highest BCUT2D eigenvalue weighted by Gasteiger charge is 2.15. The zero-order valence-electron chi connectivity index (χ0n) is 11.2. The molecule has 21 heavy (non-hydrogen) atoms. The van der Waals surface area contributed by atoms with Gasteiger partial charge >= 0.3 is 17.9 Å². The smallest absolute Gasteiger partial charge is 0.335 e. The third-order valence-electron chi connectivity index (χ3n) is 2.72. The largest absolute Gasteiger partial charge is 0.481 e. The Morgan fingerprint density at radius 1 is 1.05 bits per heavy atom. The highest BCUT2D eigenvalue weighted by Crippen LogP contribution is 2.20. The number of anilines is 1. The summed E-state index contributed by atoms with van der Waals surface area (Å²) in [5.41, 5.74) is -0.0166. The number of nitrogens with zero attached hydrogens (tertiary/aromatic N) is 1. The first-order chi connectivity index (χ1) is 9.85. The van der Waals surface area contributed by atoms with Crippen LogP contribution in [0.25, 0.3) is 0 Å². The van der Waals surface area contributed by atoms with Crippen LogP contribution in [0.5, 0.6) is 0 Å². The van der Waals surface area contributed by atoms with Crippen LogP contribution < -0.4 is 4.90 Å². The Morgan fingerprint density at radius 3 is 1.95 bits per heavy atom. The number of rotatable bonds is 8. The number of carboxylic acids is 3. The Hall–Kier alpha value is -2.83. The molecular formula is C14H15NO6. The average Bonchev–Trinajstić information content (AvgIpc) is 2.42.